The normalized spacial score (nSPS) is 14.8. The SMILES string of the molecule is CCC(CCCC(=O)NS(=O)(=O)C(F)(F)F)[Si](C)(C)OC. The average molecular weight is 349 g/mol. The van der Waals surface area contributed by atoms with E-state index in [4.69, 9.17) is 4.43 Å². The van der Waals surface area contributed by atoms with E-state index in [0.29, 0.717) is 12.8 Å². The Morgan fingerprint density at radius 2 is 1.86 bits per heavy atom. The Labute approximate surface area is 124 Å². The number of hydrogen-bond acceptors (Lipinski definition) is 4. The topological polar surface area (TPSA) is 72.5 Å². The molecule has 0 spiro atoms. The third-order valence-electron chi connectivity index (χ3n) is 3.51. The summed E-state index contributed by atoms with van der Waals surface area (Å²) >= 11 is 0. The van der Waals surface area contributed by atoms with Crippen molar-refractivity contribution in [2.24, 2.45) is 0 Å². The van der Waals surface area contributed by atoms with Crippen molar-refractivity contribution in [3.63, 3.8) is 0 Å². The Morgan fingerprint density at radius 1 is 1.33 bits per heavy atom. The van der Waals surface area contributed by atoms with Gasteiger partial charge in [0.1, 0.15) is 0 Å². The Balaban J connectivity index is 4.40. The first-order valence-corrected chi connectivity index (χ1v) is 11.0. The summed E-state index contributed by atoms with van der Waals surface area (Å²) < 4.78 is 64.3. The first-order chi connectivity index (χ1) is 9.37. The van der Waals surface area contributed by atoms with Gasteiger partial charge in [-0.05, 0) is 25.1 Å². The molecule has 0 rings (SSSR count). The van der Waals surface area contributed by atoms with Crippen molar-refractivity contribution in [2.75, 3.05) is 7.11 Å². The molecule has 0 aliphatic rings. The standard InChI is InChI=1S/C11H22F3NO4SSi/c1-5-9(21(3,4)19-2)7-6-8-10(16)15-20(17,18)11(12,13)14/h9H,5-8H2,1-4H3,(H,15,16). The number of sulfonamides is 1. The van der Waals surface area contributed by atoms with E-state index in [9.17, 15) is 26.4 Å². The number of amides is 1. The lowest BCUT2D eigenvalue weighted by atomic mass is 10.1. The first kappa shape index (κ1) is 20.4. The number of carbonyl (C=O) groups is 1. The van der Waals surface area contributed by atoms with E-state index in [2.05, 4.69) is 0 Å². The van der Waals surface area contributed by atoms with E-state index < -0.39 is 29.8 Å². The average Bonchev–Trinajstić information content (AvgIpc) is 2.32. The molecule has 1 unspecified atom stereocenters. The Kier molecular flexibility index (Phi) is 7.37. The molecular weight excluding hydrogens is 327 g/mol. The first-order valence-electron chi connectivity index (χ1n) is 6.54. The third-order valence-corrected chi connectivity index (χ3v) is 8.33. The van der Waals surface area contributed by atoms with Gasteiger partial charge >= 0.3 is 15.5 Å². The molecule has 1 atom stereocenters. The molecule has 0 bridgehead atoms. The highest BCUT2D eigenvalue weighted by molar-refractivity contribution is 7.90. The molecule has 0 aromatic rings. The van der Waals surface area contributed by atoms with Gasteiger partial charge in [-0.15, -0.1) is 0 Å². The minimum atomic E-state index is -5.60. The lowest BCUT2D eigenvalue weighted by Gasteiger charge is -2.29. The van der Waals surface area contributed by atoms with Gasteiger partial charge in [-0.25, -0.2) is 4.72 Å². The highest BCUT2D eigenvalue weighted by atomic mass is 32.2. The summed E-state index contributed by atoms with van der Waals surface area (Å²) in [5.41, 5.74) is -5.21. The molecule has 0 saturated heterocycles. The van der Waals surface area contributed by atoms with Gasteiger partial charge in [0.2, 0.25) is 5.91 Å². The summed E-state index contributed by atoms with van der Waals surface area (Å²) in [5, 5.41) is 0. The fraction of sp³-hybridized carbons (Fsp3) is 0.909. The van der Waals surface area contributed by atoms with Crippen LogP contribution in [0.15, 0.2) is 0 Å². The third kappa shape index (κ3) is 6.35. The van der Waals surface area contributed by atoms with Gasteiger partial charge in [0, 0.05) is 13.5 Å². The molecule has 0 fully saturated rings. The van der Waals surface area contributed by atoms with Crippen molar-refractivity contribution in [1.29, 1.82) is 0 Å². The van der Waals surface area contributed by atoms with E-state index in [0.717, 1.165) is 11.1 Å². The molecule has 0 aliphatic heterocycles. The second-order valence-electron chi connectivity index (χ2n) is 5.28. The molecule has 10 heteroatoms. The lowest BCUT2D eigenvalue weighted by Crippen LogP contribution is -2.40. The number of hydrogen-bond donors (Lipinski definition) is 1. The maximum atomic E-state index is 12.1. The zero-order valence-electron chi connectivity index (χ0n) is 12.6. The smallest absolute Gasteiger partial charge is 0.420 e. The van der Waals surface area contributed by atoms with E-state index in [-0.39, 0.29) is 12.0 Å². The van der Waals surface area contributed by atoms with Gasteiger partial charge in [0.05, 0.1) is 0 Å². The number of nitrogens with one attached hydrogen (secondary N) is 1. The summed E-state index contributed by atoms with van der Waals surface area (Å²) in [6.45, 7) is 6.03. The minimum Gasteiger partial charge on any atom is -0.420 e. The molecule has 5 nitrogen and oxygen atoms in total. The van der Waals surface area contributed by atoms with Crippen molar-refractivity contribution in [3.8, 4) is 0 Å². The van der Waals surface area contributed by atoms with Crippen molar-refractivity contribution < 1.29 is 30.8 Å². The number of alkyl halides is 3. The van der Waals surface area contributed by atoms with Crippen LogP contribution in [0.4, 0.5) is 13.2 Å². The van der Waals surface area contributed by atoms with E-state index >= 15 is 0 Å². The van der Waals surface area contributed by atoms with E-state index in [1.165, 1.54) is 0 Å². The van der Waals surface area contributed by atoms with Gasteiger partial charge < -0.3 is 4.43 Å². The molecule has 1 amide bonds. The van der Waals surface area contributed by atoms with Gasteiger partial charge in [-0.3, -0.25) is 4.79 Å². The lowest BCUT2D eigenvalue weighted by molar-refractivity contribution is -0.120. The maximum absolute atomic E-state index is 12.1. The van der Waals surface area contributed by atoms with Crippen LogP contribution in [0, 0.1) is 0 Å². The Hall–Kier alpha value is -0.613. The van der Waals surface area contributed by atoms with Gasteiger partial charge in [0.25, 0.3) is 0 Å². The van der Waals surface area contributed by atoms with Crippen LogP contribution in [0.5, 0.6) is 0 Å². The molecular formula is C11H22F3NO4SSi. The monoisotopic (exact) mass is 349 g/mol. The Morgan fingerprint density at radius 3 is 2.24 bits per heavy atom. The molecule has 21 heavy (non-hydrogen) atoms. The van der Waals surface area contributed by atoms with E-state index in [1.807, 2.05) is 20.0 Å². The quantitative estimate of drug-likeness (QED) is 0.684. The molecule has 0 heterocycles. The van der Waals surface area contributed by atoms with Crippen LogP contribution in [0.1, 0.15) is 32.6 Å². The molecule has 0 aromatic carbocycles. The summed E-state index contributed by atoms with van der Waals surface area (Å²) in [5.74, 6) is -1.14. The zero-order chi connectivity index (χ0) is 16.9. The predicted molar refractivity (Wildman–Crippen MR) is 75.5 cm³/mol. The van der Waals surface area contributed by atoms with Gasteiger partial charge in [0.15, 0.2) is 8.32 Å². The fourth-order valence-electron chi connectivity index (χ4n) is 1.98. The Bertz CT molecular complexity index is 451. The predicted octanol–water partition coefficient (Wildman–Crippen LogP) is 2.75. The van der Waals surface area contributed by atoms with Crippen LogP contribution >= 0.6 is 0 Å². The maximum Gasteiger partial charge on any atom is 0.516 e. The summed E-state index contributed by atoms with van der Waals surface area (Å²) in [4.78, 5) is 11.3. The zero-order valence-corrected chi connectivity index (χ0v) is 14.4. The molecule has 0 saturated carbocycles. The second kappa shape index (κ2) is 7.59. The van der Waals surface area contributed by atoms with Crippen LogP contribution in [0.25, 0.3) is 0 Å². The largest absolute Gasteiger partial charge is 0.516 e. The number of rotatable bonds is 8. The second-order valence-corrected chi connectivity index (χ2v) is 11.4. The molecule has 0 radical (unpaired) electrons. The summed E-state index contributed by atoms with van der Waals surface area (Å²) in [6, 6.07) is 0. The number of carbonyl (C=O) groups excluding carboxylic acids is 1. The summed E-state index contributed by atoms with van der Waals surface area (Å²) in [7, 11) is -5.86. The fourth-order valence-corrected chi connectivity index (χ4v) is 4.71. The van der Waals surface area contributed by atoms with Crippen LogP contribution in [0.2, 0.25) is 18.6 Å². The van der Waals surface area contributed by atoms with Crippen LogP contribution in [-0.2, 0) is 19.2 Å². The minimum absolute atomic E-state index is 0.259. The van der Waals surface area contributed by atoms with E-state index in [1.54, 1.807) is 7.11 Å². The van der Waals surface area contributed by atoms with Crippen molar-refractivity contribution in [3.05, 3.63) is 0 Å². The van der Waals surface area contributed by atoms with Crippen LogP contribution in [-0.4, -0.2) is 35.3 Å². The summed E-state index contributed by atoms with van der Waals surface area (Å²) in [6.07, 6.45) is 1.51. The number of halogens is 3. The van der Waals surface area contributed by atoms with Crippen LogP contribution in [0.3, 0.4) is 0 Å². The highest BCUT2D eigenvalue weighted by Crippen LogP contribution is 2.31. The molecule has 126 valence electrons. The van der Waals surface area contributed by atoms with Gasteiger partial charge in [-0.1, -0.05) is 19.8 Å². The molecule has 1 N–H and O–H groups in total. The van der Waals surface area contributed by atoms with Gasteiger partial charge in [-0.2, -0.15) is 21.6 Å². The van der Waals surface area contributed by atoms with Crippen molar-refractivity contribution in [1.82, 2.24) is 4.72 Å². The van der Waals surface area contributed by atoms with Crippen molar-refractivity contribution >= 4 is 24.2 Å². The molecule has 0 aromatic heterocycles. The van der Waals surface area contributed by atoms with Crippen molar-refractivity contribution in [2.45, 2.75) is 56.8 Å². The highest BCUT2D eigenvalue weighted by Gasteiger charge is 2.46. The van der Waals surface area contributed by atoms with Crippen LogP contribution < -0.4 is 4.72 Å². The molecule has 0 aliphatic carbocycles.